The molecule has 0 aliphatic carbocycles. The van der Waals surface area contributed by atoms with Gasteiger partial charge in [0.05, 0.1) is 0 Å². The predicted molar refractivity (Wildman–Crippen MR) is 45.8 cm³/mol. The van der Waals surface area contributed by atoms with Crippen LogP contribution in [-0.4, -0.2) is 11.8 Å². The van der Waals surface area contributed by atoms with Gasteiger partial charge in [0.25, 0.3) is 5.91 Å². The number of fused-ring (bicyclic) bond motifs is 1. The van der Waals surface area contributed by atoms with Crippen LogP contribution in [0.4, 0.5) is 0 Å². The summed E-state index contributed by atoms with van der Waals surface area (Å²) in [6.45, 7) is 0. The molecular weight excluding hydrogens is 168 g/mol. The van der Waals surface area contributed by atoms with E-state index in [9.17, 15) is 9.59 Å². The number of primary amides is 1. The highest BCUT2D eigenvalue weighted by molar-refractivity contribution is 6.04. The zero-order valence-corrected chi connectivity index (χ0v) is 6.78. The van der Waals surface area contributed by atoms with Crippen LogP contribution in [0.25, 0.3) is 0 Å². The third-order valence-electron chi connectivity index (χ3n) is 2.08. The first-order valence-electron chi connectivity index (χ1n) is 3.89. The van der Waals surface area contributed by atoms with Gasteiger partial charge in [-0.05, 0) is 11.6 Å². The van der Waals surface area contributed by atoms with Gasteiger partial charge >= 0.3 is 0 Å². The maximum atomic E-state index is 11.3. The lowest BCUT2D eigenvalue weighted by Crippen LogP contribution is -2.30. The lowest BCUT2D eigenvalue weighted by Gasteiger charge is -2.04. The SMILES string of the molecule is NC(=O)[C@H]1NC(=O)c2ccccc21. The summed E-state index contributed by atoms with van der Waals surface area (Å²) in [5.74, 6) is -0.766. The molecule has 1 aliphatic rings. The Morgan fingerprint density at radius 1 is 1.38 bits per heavy atom. The Labute approximate surface area is 74.7 Å². The zero-order valence-electron chi connectivity index (χ0n) is 6.78. The van der Waals surface area contributed by atoms with Crippen LogP contribution in [0.15, 0.2) is 24.3 Å². The molecule has 2 rings (SSSR count). The smallest absolute Gasteiger partial charge is 0.252 e. The fraction of sp³-hybridized carbons (Fsp3) is 0.111. The summed E-state index contributed by atoms with van der Waals surface area (Å²) in [5, 5.41) is 2.51. The Bertz CT molecular complexity index is 387. The fourth-order valence-corrected chi connectivity index (χ4v) is 1.47. The second-order valence-corrected chi connectivity index (χ2v) is 2.90. The lowest BCUT2D eigenvalue weighted by atomic mass is 10.1. The minimum Gasteiger partial charge on any atom is -0.368 e. The summed E-state index contributed by atoms with van der Waals surface area (Å²) in [6.07, 6.45) is 0. The van der Waals surface area contributed by atoms with Crippen LogP contribution in [0.2, 0.25) is 0 Å². The molecule has 1 aromatic rings. The normalized spacial score (nSPS) is 19.4. The molecule has 0 saturated heterocycles. The summed E-state index contributed by atoms with van der Waals surface area (Å²) in [6, 6.07) is 6.26. The molecule has 0 spiro atoms. The maximum Gasteiger partial charge on any atom is 0.252 e. The van der Waals surface area contributed by atoms with E-state index in [1.165, 1.54) is 0 Å². The number of carbonyl (C=O) groups is 2. The van der Waals surface area contributed by atoms with E-state index in [1.54, 1.807) is 24.3 Å². The summed E-state index contributed by atoms with van der Waals surface area (Å²) in [7, 11) is 0. The molecule has 1 aromatic carbocycles. The Balaban J connectivity index is 2.53. The van der Waals surface area contributed by atoms with Crippen molar-refractivity contribution in [3.05, 3.63) is 35.4 Å². The van der Waals surface area contributed by atoms with E-state index >= 15 is 0 Å². The van der Waals surface area contributed by atoms with Gasteiger partial charge in [-0.15, -0.1) is 0 Å². The first kappa shape index (κ1) is 7.79. The third kappa shape index (κ3) is 1.07. The molecule has 0 fully saturated rings. The summed E-state index contributed by atoms with van der Waals surface area (Å²) in [4.78, 5) is 22.2. The monoisotopic (exact) mass is 176 g/mol. The van der Waals surface area contributed by atoms with Crippen LogP contribution in [-0.2, 0) is 4.79 Å². The van der Waals surface area contributed by atoms with Crippen molar-refractivity contribution >= 4 is 11.8 Å². The fourth-order valence-electron chi connectivity index (χ4n) is 1.47. The number of amides is 2. The third-order valence-corrected chi connectivity index (χ3v) is 2.08. The standard InChI is InChI=1S/C9H8N2O2/c10-8(12)7-5-3-1-2-4-6(5)9(13)11-7/h1-4,7H,(H2,10,12)(H,11,13)/t7-/m0/s1. The van der Waals surface area contributed by atoms with E-state index in [0.29, 0.717) is 11.1 Å². The van der Waals surface area contributed by atoms with Crippen LogP contribution in [0.1, 0.15) is 22.0 Å². The molecule has 1 heterocycles. The number of nitrogens with two attached hydrogens (primary N) is 1. The minimum atomic E-state index is -0.663. The van der Waals surface area contributed by atoms with Crippen molar-refractivity contribution in [1.82, 2.24) is 5.32 Å². The lowest BCUT2D eigenvalue weighted by molar-refractivity contribution is -0.119. The molecule has 0 bridgehead atoms. The predicted octanol–water partition coefficient (Wildman–Crippen LogP) is -0.0436. The number of hydrogen-bond acceptors (Lipinski definition) is 2. The Kier molecular flexibility index (Phi) is 1.55. The second kappa shape index (κ2) is 2.58. The maximum absolute atomic E-state index is 11.3. The van der Waals surface area contributed by atoms with Gasteiger partial charge < -0.3 is 11.1 Å². The van der Waals surface area contributed by atoms with Crippen LogP contribution in [0.5, 0.6) is 0 Å². The minimum absolute atomic E-state index is 0.237. The van der Waals surface area contributed by atoms with Gasteiger partial charge in [0.15, 0.2) is 0 Å². The molecule has 1 atom stereocenters. The van der Waals surface area contributed by atoms with Gasteiger partial charge in [0, 0.05) is 5.56 Å². The first-order valence-corrected chi connectivity index (χ1v) is 3.89. The molecule has 0 radical (unpaired) electrons. The van der Waals surface area contributed by atoms with Crippen molar-refractivity contribution in [2.45, 2.75) is 6.04 Å². The Morgan fingerprint density at radius 2 is 2.08 bits per heavy atom. The number of benzene rings is 1. The van der Waals surface area contributed by atoms with E-state index in [1.807, 2.05) is 0 Å². The van der Waals surface area contributed by atoms with Gasteiger partial charge in [-0.2, -0.15) is 0 Å². The molecule has 0 saturated carbocycles. The van der Waals surface area contributed by atoms with E-state index in [-0.39, 0.29) is 5.91 Å². The Hall–Kier alpha value is -1.84. The average Bonchev–Trinajstić information content (AvgIpc) is 2.45. The number of nitrogens with one attached hydrogen (secondary N) is 1. The highest BCUT2D eigenvalue weighted by atomic mass is 16.2. The second-order valence-electron chi connectivity index (χ2n) is 2.90. The summed E-state index contributed by atoms with van der Waals surface area (Å²) in [5.41, 5.74) is 6.32. The molecule has 3 N–H and O–H groups in total. The van der Waals surface area contributed by atoms with E-state index in [4.69, 9.17) is 5.73 Å². The molecule has 2 amide bonds. The van der Waals surface area contributed by atoms with Crippen LogP contribution < -0.4 is 11.1 Å². The van der Waals surface area contributed by atoms with E-state index in [0.717, 1.165) is 0 Å². The van der Waals surface area contributed by atoms with Crippen molar-refractivity contribution in [3.8, 4) is 0 Å². The Morgan fingerprint density at radius 3 is 2.77 bits per heavy atom. The van der Waals surface area contributed by atoms with Crippen LogP contribution in [0, 0.1) is 0 Å². The first-order chi connectivity index (χ1) is 6.20. The van der Waals surface area contributed by atoms with Crippen molar-refractivity contribution in [3.63, 3.8) is 0 Å². The van der Waals surface area contributed by atoms with Gasteiger partial charge in [-0.3, -0.25) is 9.59 Å². The van der Waals surface area contributed by atoms with Crippen LogP contribution >= 0.6 is 0 Å². The molecule has 1 aliphatic heterocycles. The van der Waals surface area contributed by atoms with Gasteiger partial charge in [0.1, 0.15) is 6.04 Å². The van der Waals surface area contributed by atoms with Crippen molar-refractivity contribution in [2.24, 2.45) is 5.73 Å². The highest BCUT2D eigenvalue weighted by Crippen LogP contribution is 2.24. The summed E-state index contributed by atoms with van der Waals surface area (Å²) < 4.78 is 0. The number of carbonyl (C=O) groups excluding carboxylic acids is 2. The summed E-state index contributed by atoms with van der Waals surface area (Å²) >= 11 is 0. The molecule has 66 valence electrons. The van der Waals surface area contributed by atoms with Crippen molar-refractivity contribution in [1.29, 1.82) is 0 Å². The molecule has 13 heavy (non-hydrogen) atoms. The van der Waals surface area contributed by atoms with E-state index < -0.39 is 11.9 Å². The topological polar surface area (TPSA) is 72.2 Å². The van der Waals surface area contributed by atoms with Gasteiger partial charge in [0.2, 0.25) is 5.91 Å². The molecule has 4 heteroatoms. The molecule has 0 unspecified atom stereocenters. The largest absolute Gasteiger partial charge is 0.368 e. The van der Waals surface area contributed by atoms with Gasteiger partial charge in [-0.25, -0.2) is 0 Å². The number of rotatable bonds is 1. The van der Waals surface area contributed by atoms with E-state index in [2.05, 4.69) is 5.32 Å². The molecule has 4 nitrogen and oxygen atoms in total. The van der Waals surface area contributed by atoms with Crippen molar-refractivity contribution < 1.29 is 9.59 Å². The molecular formula is C9H8N2O2. The van der Waals surface area contributed by atoms with Crippen LogP contribution in [0.3, 0.4) is 0 Å². The average molecular weight is 176 g/mol. The highest BCUT2D eigenvalue weighted by Gasteiger charge is 2.31. The van der Waals surface area contributed by atoms with Gasteiger partial charge in [-0.1, -0.05) is 18.2 Å². The quantitative estimate of drug-likeness (QED) is 0.630. The molecule has 0 aromatic heterocycles. The van der Waals surface area contributed by atoms with Crippen molar-refractivity contribution in [2.75, 3.05) is 0 Å². The zero-order chi connectivity index (χ0) is 9.42. The number of hydrogen-bond donors (Lipinski definition) is 2.